The first-order valence-electron chi connectivity index (χ1n) is 11.3. The first-order chi connectivity index (χ1) is 16.0. The Labute approximate surface area is 200 Å². The molecule has 4 aromatic rings. The maximum atomic E-state index is 13.0. The average molecular weight is 482 g/mol. The minimum absolute atomic E-state index is 0.0267. The standard InChI is InChI=1S/C24H27N5O2S2/c1-5-29-21(15-8-6-7-9-17(15)31-4)27-28-24(29)32-14(3)20-25-22(30)19-16-11-10-13(2)12-18(16)33-23(19)26-20/h6-9,13-14H,5,10-12H2,1-4H3,(H,25,26,30)/t13-,14-/m1/s1. The molecular formula is C24H27N5O2S2. The number of nitrogens with zero attached hydrogens (tertiary/aromatic N) is 4. The van der Waals surface area contributed by atoms with Gasteiger partial charge in [0.1, 0.15) is 16.4 Å². The van der Waals surface area contributed by atoms with Gasteiger partial charge in [-0.25, -0.2) is 4.98 Å². The van der Waals surface area contributed by atoms with Gasteiger partial charge in [0.05, 0.1) is 23.3 Å². The molecule has 3 aromatic heterocycles. The lowest BCUT2D eigenvalue weighted by Gasteiger charge is -2.17. The number of thioether (sulfide) groups is 1. The number of hydrogen-bond donors (Lipinski definition) is 1. The van der Waals surface area contributed by atoms with Crippen molar-refractivity contribution in [3.05, 3.63) is 50.9 Å². The fraction of sp³-hybridized carbons (Fsp3) is 0.417. The molecule has 0 radical (unpaired) electrons. The maximum absolute atomic E-state index is 13.0. The van der Waals surface area contributed by atoms with Crippen LogP contribution in [0.25, 0.3) is 21.6 Å². The predicted molar refractivity (Wildman–Crippen MR) is 133 cm³/mol. The Balaban J connectivity index is 1.47. The van der Waals surface area contributed by atoms with Crippen LogP contribution in [0.2, 0.25) is 0 Å². The summed E-state index contributed by atoms with van der Waals surface area (Å²) in [6.45, 7) is 7.11. The molecule has 0 unspecified atom stereocenters. The molecule has 0 fully saturated rings. The van der Waals surface area contributed by atoms with Crippen molar-refractivity contribution in [3.8, 4) is 17.1 Å². The third-order valence-corrected chi connectivity index (χ3v) is 8.47. The average Bonchev–Trinajstić information content (AvgIpc) is 3.39. The summed E-state index contributed by atoms with van der Waals surface area (Å²) in [5.74, 6) is 2.86. The van der Waals surface area contributed by atoms with E-state index in [0.29, 0.717) is 18.3 Å². The van der Waals surface area contributed by atoms with Gasteiger partial charge >= 0.3 is 0 Å². The summed E-state index contributed by atoms with van der Waals surface area (Å²) in [4.78, 5) is 23.1. The van der Waals surface area contributed by atoms with Gasteiger partial charge in [-0.05, 0) is 56.7 Å². The number of hydrogen-bond acceptors (Lipinski definition) is 7. The lowest BCUT2D eigenvalue weighted by atomic mass is 9.89. The first-order valence-corrected chi connectivity index (χ1v) is 13.0. The van der Waals surface area contributed by atoms with E-state index in [1.165, 1.54) is 10.4 Å². The topological polar surface area (TPSA) is 85.7 Å². The highest BCUT2D eigenvalue weighted by molar-refractivity contribution is 7.99. The van der Waals surface area contributed by atoms with E-state index in [1.54, 1.807) is 30.2 Å². The van der Waals surface area contributed by atoms with Crippen LogP contribution in [-0.4, -0.2) is 31.8 Å². The zero-order valence-electron chi connectivity index (χ0n) is 19.2. The van der Waals surface area contributed by atoms with Gasteiger partial charge in [0.25, 0.3) is 5.56 Å². The normalized spacial score (nSPS) is 16.7. The molecule has 1 aliphatic carbocycles. The molecule has 1 aliphatic rings. The Kier molecular flexibility index (Phi) is 6.01. The third-order valence-electron chi connectivity index (χ3n) is 6.23. The second-order valence-corrected chi connectivity index (χ2v) is 10.9. The van der Waals surface area contributed by atoms with Crippen LogP contribution in [0, 0.1) is 5.92 Å². The number of fused-ring (bicyclic) bond motifs is 3. The van der Waals surface area contributed by atoms with Crippen molar-refractivity contribution in [2.24, 2.45) is 5.92 Å². The molecule has 33 heavy (non-hydrogen) atoms. The third kappa shape index (κ3) is 3.97. The Bertz CT molecular complexity index is 1370. The molecule has 9 heteroatoms. The van der Waals surface area contributed by atoms with Crippen molar-refractivity contribution in [2.45, 2.75) is 57.0 Å². The Morgan fingerprint density at radius 1 is 1.33 bits per heavy atom. The van der Waals surface area contributed by atoms with Crippen molar-refractivity contribution in [3.63, 3.8) is 0 Å². The Morgan fingerprint density at radius 2 is 2.15 bits per heavy atom. The Hall–Kier alpha value is -2.65. The molecule has 172 valence electrons. The molecule has 1 aromatic carbocycles. The fourth-order valence-corrected chi connectivity index (χ4v) is 6.82. The summed E-state index contributed by atoms with van der Waals surface area (Å²) in [5.41, 5.74) is 2.09. The Morgan fingerprint density at radius 3 is 2.94 bits per heavy atom. The monoisotopic (exact) mass is 481 g/mol. The number of aromatic amines is 1. The van der Waals surface area contributed by atoms with E-state index >= 15 is 0 Å². The van der Waals surface area contributed by atoms with Crippen molar-refractivity contribution >= 4 is 33.3 Å². The van der Waals surface area contributed by atoms with E-state index < -0.39 is 0 Å². The number of thiophene rings is 1. The van der Waals surface area contributed by atoms with Gasteiger partial charge in [0.2, 0.25) is 0 Å². The highest BCUT2D eigenvalue weighted by Crippen LogP contribution is 2.38. The van der Waals surface area contributed by atoms with E-state index in [-0.39, 0.29) is 10.8 Å². The lowest BCUT2D eigenvalue weighted by Crippen LogP contribution is -2.15. The van der Waals surface area contributed by atoms with Crippen LogP contribution in [0.5, 0.6) is 5.75 Å². The summed E-state index contributed by atoms with van der Waals surface area (Å²) < 4.78 is 7.59. The molecular weight excluding hydrogens is 454 g/mol. The molecule has 5 rings (SSSR count). The van der Waals surface area contributed by atoms with Crippen LogP contribution in [0.4, 0.5) is 0 Å². The summed E-state index contributed by atoms with van der Waals surface area (Å²) in [5, 5.41) is 10.4. The van der Waals surface area contributed by atoms with E-state index in [2.05, 4.69) is 33.6 Å². The lowest BCUT2D eigenvalue weighted by molar-refractivity contribution is 0.416. The van der Waals surface area contributed by atoms with Gasteiger partial charge in [-0.1, -0.05) is 30.8 Å². The van der Waals surface area contributed by atoms with Gasteiger partial charge in [0.15, 0.2) is 11.0 Å². The molecule has 0 bridgehead atoms. The molecule has 0 amide bonds. The van der Waals surface area contributed by atoms with Crippen LogP contribution < -0.4 is 10.3 Å². The minimum atomic E-state index is -0.0832. The second-order valence-electron chi connectivity index (χ2n) is 8.49. The number of methoxy groups -OCH3 is 1. The summed E-state index contributed by atoms with van der Waals surface area (Å²) in [7, 11) is 1.66. The van der Waals surface area contributed by atoms with Crippen LogP contribution in [0.1, 0.15) is 48.7 Å². The van der Waals surface area contributed by atoms with E-state index in [1.807, 2.05) is 31.2 Å². The van der Waals surface area contributed by atoms with Crippen molar-refractivity contribution < 1.29 is 4.74 Å². The number of ether oxygens (including phenoxy) is 1. The van der Waals surface area contributed by atoms with Crippen LogP contribution in [-0.2, 0) is 19.4 Å². The van der Waals surface area contributed by atoms with Crippen LogP contribution in [0.15, 0.2) is 34.2 Å². The zero-order chi connectivity index (χ0) is 23.1. The number of rotatable bonds is 6. The molecule has 0 saturated carbocycles. The predicted octanol–water partition coefficient (Wildman–Crippen LogP) is 5.25. The van der Waals surface area contributed by atoms with Gasteiger partial charge in [-0.3, -0.25) is 4.79 Å². The first kappa shape index (κ1) is 22.2. The zero-order valence-corrected chi connectivity index (χ0v) is 20.8. The van der Waals surface area contributed by atoms with Crippen LogP contribution >= 0.6 is 23.1 Å². The van der Waals surface area contributed by atoms with Gasteiger partial charge < -0.3 is 14.3 Å². The summed E-state index contributed by atoms with van der Waals surface area (Å²) >= 11 is 3.23. The summed E-state index contributed by atoms with van der Waals surface area (Å²) in [6, 6.07) is 7.81. The molecule has 0 aliphatic heterocycles. The van der Waals surface area contributed by atoms with Crippen molar-refractivity contribution in [2.75, 3.05) is 7.11 Å². The minimum Gasteiger partial charge on any atom is -0.496 e. The number of aromatic nitrogens is 5. The van der Waals surface area contributed by atoms with Gasteiger partial charge in [-0.15, -0.1) is 21.5 Å². The fourth-order valence-electron chi connectivity index (χ4n) is 4.46. The molecule has 3 heterocycles. The highest BCUT2D eigenvalue weighted by Gasteiger charge is 2.25. The molecule has 0 spiro atoms. The quantitative estimate of drug-likeness (QED) is 0.379. The number of aryl methyl sites for hydroxylation is 1. The van der Waals surface area contributed by atoms with E-state index in [4.69, 9.17) is 9.72 Å². The van der Waals surface area contributed by atoms with E-state index in [9.17, 15) is 4.79 Å². The maximum Gasteiger partial charge on any atom is 0.259 e. The van der Waals surface area contributed by atoms with Gasteiger partial charge in [-0.2, -0.15) is 0 Å². The molecule has 1 N–H and O–H groups in total. The van der Waals surface area contributed by atoms with E-state index in [0.717, 1.165) is 51.8 Å². The molecule has 0 saturated heterocycles. The van der Waals surface area contributed by atoms with Gasteiger partial charge in [0, 0.05) is 11.4 Å². The summed E-state index contributed by atoms with van der Waals surface area (Å²) in [6.07, 6.45) is 3.14. The largest absolute Gasteiger partial charge is 0.496 e. The molecule has 7 nitrogen and oxygen atoms in total. The highest BCUT2D eigenvalue weighted by atomic mass is 32.2. The number of benzene rings is 1. The second kappa shape index (κ2) is 8.95. The smallest absolute Gasteiger partial charge is 0.259 e. The SMILES string of the molecule is CCn1c(S[C@H](C)c2nc3sc4c(c3c(=O)[nH]2)CC[C@@H](C)C4)nnc1-c1ccccc1OC. The number of H-pyrrole nitrogens is 1. The molecule has 2 atom stereocenters. The number of nitrogens with one attached hydrogen (secondary N) is 1. The van der Waals surface area contributed by atoms with Crippen molar-refractivity contribution in [1.82, 2.24) is 24.7 Å². The number of para-hydroxylation sites is 1. The van der Waals surface area contributed by atoms with Crippen LogP contribution in [0.3, 0.4) is 0 Å². The van der Waals surface area contributed by atoms with Crippen molar-refractivity contribution in [1.29, 1.82) is 0 Å².